The average molecular weight is 416 g/mol. The number of halogens is 1. The summed E-state index contributed by atoms with van der Waals surface area (Å²) in [6.45, 7) is 0.0386. The Kier molecular flexibility index (Phi) is 6.94. The smallest absolute Gasteiger partial charge is 0.339 e. The van der Waals surface area contributed by atoms with Gasteiger partial charge in [0.25, 0.3) is 0 Å². The van der Waals surface area contributed by atoms with Crippen molar-refractivity contribution >= 4 is 44.7 Å². The molecule has 1 aromatic heterocycles. The molecule has 6 nitrogen and oxygen atoms in total. The third kappa shape index (κ3) is 4.91. The quantitative estimate of drug-likeness (QED) is 0.374. The van der Waals surface area contributed by atoms with Gasteiger partial charge in [-0.05, 0) is 36.1 Å². The highest BCUT2D eigenvalue weighted by Gasteiger charge is 2.21. The van der Waals surface area contributed by atoms with Crippen LogP contribution in [0.4, 0.5) is 0 Å². The molecular formula is C17H18ClNO5S2. The summed E-state index contributed by atoms with van der Waals surface area (Å²) < 4.78 is 30.5. The zero-order chi connectivity index (χ0) is 19.3. The lowest BCUT2D eigenvalue weighted by Gasteiger charge is -2.13. The van der Waals surface area contributed by atoms with Crippen LogP contribution in [0.3, 0.4) is 0 Å². The van der Waals surface area contributed by atoms with Gasteiger partial charge in [-0.1, -0.05) is 17.7 Å². The number of thiophene rings is 1. The van der Waals surface area contributed by atoms with E-state index < -0.39 is 16.0 Å². The van der Waals surface area contributed by atoms with Crippen molar-refractivity contribution in [1.82, 2.24) is 4.31 Å². The monoisotopic (exact) mass is 415 g/mol. The first-order valence-corrected chi connectivity index (χ1v) is 10.4. The molecule has 0 aliphatic heterocycles. The number of rotatable bonds is 8. The van der Waals surface area contributed by atoms with E-state index in [1.165, 1.54) is 43.6 Å². The molecule has 0 unspecified atom stereocenters. The lowest BCUT2D eigenvalue weighted by atomic mass is 10.2. The first-order valence-electron chi connectivity index (χ1n) is 7.69. The van der Waals surface area contributed by atoms with Gasteiger partial charge in [0.2, 0.25) is 10.0 Å². The highest BCUT2D eigenvalue weighted by molar-refractivity contribution is 7.89. The molecule has 0 fully saturated rings. The molecule has 0 aliphatic rings. The number of sulfonamides is 1. The van der Waals surface area contributed by atoms with Crippen LogP contribution in [0.5, 0.6) is 0 Å². The van der Waals surface area contributed by atoms with Gasteiger partial charge in [-0.3, -0.25) is 4.79 Å². The van der Waals surface area contributed by atoms with Crippen LogP contribution < -0.4 is 0 Å². The molecule has 0 spiro atoms. The summed E-state index contributed by atoms with van der Waals surface area (Å²) in [6, 6.07) is 7.41. The second kappa shape index (κ2) is 8.77. The van der Waals surface area contributed by atoms with Crippen LogP contribution in [0.2, 0.25) is 5.02 Å². The van der Waals surface area contributed by atoms with Gasteiger partial charge in [-0.2, -0.15) is 0 Å². The minimum absolute atomic E-state index is 0.00634. The number of esters is 1. The number of hydrogen-bond donors (Lipinski definition) is 0. The molecule has 2 rings (SSSR count). The van der Waals surface area contributed by atoms with E-state index in [4.69, 9.17) is 16.3 Å². The molecule has 0 aliphatic carbocycles. The molecule has 0 saturated carbocycles. The predicted octanol–water partition coefficient (Wildman–Crippen LogP) is 3.47. The number of ether oxygens (including phenoxy) is 1. The van der Waals surface area contributed by atoms with E-state index in [1.54, 1.807) is 12.1 Å². The van der Waals surface area contributed by atoms with Gasteiger partial charge in [0.1, 0.15) is 0 Å². The van der Waals surface area contributed by atoms with Gasteiger partial charge >= 0.3 is 5.97 Å². The van der Waals surface area contributed by atoms with Crippen molar-refractivity contribution in [3.8, 4) is 0 Å². The molecule has 0 N–H and O–H groups in total. The van der Waals surface area contributed by atoms with Crippen LogP contribution in [0, 0.1) is 0 Å². The molecule has 0 atom stereocenters. The van der Waals surface area contributed by atoms with Crippen LogP contribution >= 0.6 is 22.9 Å². The molecule has 0 saturated heterocycles. The Morgan fingerprint density at radius 1 is 1.23 bits per heavy atom. The minimum Gasteiger partial charge on any atom is -0.462 e. The lowest BCUT2D eigenvalue weighted by molar-refractivity contribution is 0.0494. The summed E-state index contributed by atoms with van der Waals surface area (Å²) >= 11 is 7.35. The number of carbonyl (C=O) groups is 2. The maximum absolute atomic E-state index is 12.2. The van der Waals surface area contributed by atoms with Gasteiger partial charge in [0, 0.05) is 20.5 Å². The summed E-state index contributed by atoms with van der Waals surface area (Å²) in [7, 11) is -0.897. The van der Waals surface area contributed by atoms with Gasteiger partial charge in [0.15, 0.2) is 5.78 Å². The van der Waals surface area contributed by atoms with E-state index >= 15 is 0 Å². The standard InChI is InChI=1S/C17H18ClNO5S2/c1-19(2)26(22,23)12-7-8-14(18)13(11-12)17(21)24-9-3-5-15(20)16-6-4-10-25-16/h4,6-8,10-11H,3,5,9H2,1-2H3. The molecule has 0 bridgehead atoms. The molecular weight excluding hydrogens is 398 g/mol. The Morgan fingerprint density at radius 3 is 2.58 bits per heavy atom. The zero-order valence-electron chi connectivity index (χ0n) is 14.3. The summed E-state index contributed by atoms with van der Waals surface area (Å²) in [6.07, 6.45) is 0.631. The van der Waals surface area contributed by atoms with E-state index in [1.807, 2.05) is 5.38 Å². The Morgan fingerprint density at radius 2 is 1.96 bits per heavy atom. The largest absolute Gasteiger partial charge is 0.462 e. The van der Waals surface area contributed by atoms with Crippen molar-refractivity contribution in [2.75, 3.05) is 20.7 Å². The summed E-state index contributed by atoms with van der Waals surface area (Å²) in [4.78, 5) is 24.7. The number of benzene rings is 1. The van der Waals surface area contributed by atoms with Crippen molar-refractivity contribution in [3.63, 3.8) is 0 Å². The first-order chi connectivity index (χ1) is 12.2. The number of carbonyl (C=O) groups excluding carboxylic acids is 2. The van der Waals surface area contributed by atoms with E-state index in [0.29, 0.717) is 11.3 Å². The van der Waals surface area contributed by atoms with Crippen LogP contribution in [0.25, 0.3) is 0 Å². The molecule has 1 heterocycles. The second-order valence-corrected chi connectivity index (χ2v) is 9.08. The third-order valence-corrected chi connectivity index (χ3v) is 6.57. The van der Waals surface area contributed by atoms with Crippen LogP contribution in [-0.2, 0) is 14.8 Å². The van der Waals surface area contributed by atoms with E-state index in [0.717, 1.165) is 4.31 Å². The molecule has 0 amide bonds. The molecule has 1 aromatic carbocycles. The van der Waals surface area contributed by atoms with E-state index in [2.05, 4.69) is 0 Å². The Labute approximate surface area is 161 Å². The fraction of sp³-hybridized carbons (Fsp3) is 0.294. The van der Waals surface area contributed by atoms with Gasteiger partial charge in [-0.15, -0.1) is 11.3 Å². The predicted molar refractivity (Wildman–Crippen MR) is 100 cm³/mol. The van der Waals surface area contributed by atoms with Crippen LogP contribution in [0.1, 0.15) is 32.9 Å². The Hall–Kier alpha value is -1.74. The topological polar surface area (TPSA) is 80.8 Å². The van der Waals surface area contributed by atoms with Crippen molar-refractivity contribution in [2.24, 2.45) is 0 Å². The first kappa shape index (κ1) is 20.6. The lowest BCUT2D eigenvalue weighted by Crippen LogP contribution is -2.22. The molecule has 2 aromatic rings. The maximum Gasteiger partial charge on any atom is 0.339 e. The summed E-state index contributed by atoms with van der Waals surface area (Å²) in [5, 5.41) is 1.92. The molecule has 26 heavy (non-hydrogen) atoms. The third-order valence-electron chi connectivity index (χ3n) is 3.51. The highest BCUT2D eigenvalue weighted by Crippen LogP contribution is 2.23. The molecule has 0 radical (unpaired) electrons. The highest BCUT2D eigenvalue weighted by atomic mass is 35.5. The number of ketones is 1. The van der Waals surface area contributed by atoms with Crippen LogP contribution in [0.15, 0.2) is 40.6 Å². The Bertz CT molecular complexity index is 892. The van der Waals surface area contributed by atoms with Crippen LogP contribution in [-0.4, -0.2) is 45.2 Å². The fourth-order valence-electron chi connectivity index (χ4n) is 2.07. The van der Waals surface area contributed by atoms with Gasteiger partial charge in [0.05, 0.1) is 27.0 Å². The number of hydrogen-bond acceptors (Lipinski definition) is 6. The molecule has 140 valence electrons. The normalized spacial score (nSPS) is 11.5. The zero-order valence-corrected chi connectivity index (χ0v) is 16.7. The van der Waals surface area contributed by atoms with Gasteiger partial charge in [-0.25, -0.2) is 17.5 Å². The van der Waals surface area contributed by atoms with Crippen molar-refractivity contribution in [3.05, 3.63) is 51.2 Å². The van der Waals surface area contributed by atoms with Gasteiger partial charge < -0.3 is 4.74 Å². The number of Topliss-reactive ketones (excluding diaryl/α,β-unsaturated/α-hetero) is 1. The van der Waals surface area contributed by atoms with Crippen molar-refractivity contribution in [1.29, 1.82) is 0 Å². The number of nitrogens with zero attached hydrogens (tertiary/aromatic N) is 1. The van der Waals surface area contributed by atoms with Crippen molar-refractivity contribution in [2.45, 2.75) is 17.7 Å². The SMILES string of the molecule is CN(C)S(=O)(=O)c1ccc(Cl)c(C(=O)OCCCC(=O)c2cccs2)c1. The second-order valence-electron chi connectivity index (χ2n) is 5.57. The molecule has 9 heteroatoms. The van der Waals surface area contributed by atoms with E-state index in [-0.39, 0.29) is 34.3 Å². The van der Waals surface area contributed by atoms with Crippen molar-refractivity contribution < 1.29 is 22.7 Å². The summed E-state index contributed by atoms with van der Waals surface area (Å²) in [5.74, 6) is -0.734. The maximum atomic E-state index is 12.2. The van der Waals surface area contributed by atoms with E-state index in [9.17, 15) is 18.0 Å². The summed E-state index contributed by atoms with van der Waals surface area (Å²) in [5.41, 5.74) is -0.0285. The minimum atomic E-state index is -3.69. The fourth-order valence-corrected chi connectivity index (χ4v) is 3.89. The Balaban J connectivity index is 1.98. The average Bonchev–Trinajstić information content (AvgIpc) is 3.13.